The van der Waals surface area contributed by atoms with Crippen LogP contribution in [0.4, 0.5) is 18.9 Å². The average molecular weight is 330 g/mol. The molecule has 22 heavy (non-hydrogen) atoms. The zero-order valence-corrected chi connectivity index (χ0v) is 12.0. The van der Waals surface area contributed by atoms with E-state index < -0.39 is 6.36 Å². The van der Waals surface area contributed by atoms with Crippen LogP contribution in [0.1, 0.15) is 5.56 Å². The van der Waals surface area contributed by atoms with E-state index in [0.29, 0.717) is 40.6 Å². The topological polar surface area (TPSA) is 44.5 Å². The van der Waals surface area contributed by atoms with Crippen molar-refractivity contribution in [1.29, 1.82) is 0 Å². The van der Waals surface area contributed by atoms with Crippen molar-refractivity contribution in [2.24, 2.45) is 0 Å². The fraction of sp³-hybridized carbons (Fsp3) is 0.200. The average Bonchev–Trinajstić information content (AvgIpc) is 2.92. The maximum Gasteiger partial charge on any atom is 0.573 e. The van der Waals surface area contributed by atoms with Gasteiger partial charge in [0.15, 0.2) is 0 Å². The molecule has 1 aliphatic rings. The van der Waals surface area contributed by atoms with E-state index >= 15 is 0 Å². The molecule has 116 valence electrons. The van der Waals surface area contributed by atoms with Crippen LogP contribution in [-0.4, -0.2) is 13.0 Å². The smallest absolute Gasteiger partial charge is 0.492 e. The zero-order valence-electron chi connectivity index (χ0n) is 11.2. The van der Waals surface area contributed by atoms with Crippen LogP contribution in [0.15, 0.2) is 30.3 Å². The second-order valence-electron chi connectivity index (χ2n) is 4.81. The van der Waals surface area contributed by atoms with E-state index in [9.17, 15) is 13.2 Å². The van der Waals surface area contributed by atoms with Gasteiger partial charge in [0.2, 0.25) is 0 Å². The van der Waals surface area contributed by atoms with Crippen molar-refractivity contribution in [3.8, 4) is 22.6 Å². The number of anilines is 1. The van der Waals surface area contributed by atoms with Crippen molar-refractivity contribution < 1.29 is 22.6 Å². The summed E-state index contributed by atoms with van der Waals surface area (Å²) in [7, 11) is 0. The van der Waals surface area contributed by atoms with Crippen LogP contribution in [-0.2, 0) is 6.42 Å². The summed E-state index contributed by atoms with van der Waals surface area (Å²) in [5.41, 5.74) is 8.50. The summed E-state index contributed by atoms with van der Waals surface area (Å²) in [6.07, 6.45) is -4.06. The Hall–Kier alpha value is -2.08. The SMILES string of the molecule is Nc1cc(-c2ccc(OC(F)(F)F)cc2)c2c(c1Cl)CCO2. The molecule has 0 spiro atoms. The Morgan fingerprint density at radius 1 is 1.18 bits per heavy atom. The first kappa shape index (κ1) is 14.8. The lowest BCUT2D eigenvalue weighted by molar-refractivity contribution is -0.274. The van der Waals surface area contributed by atoms with Crippen LogP contribution in [0.25, 0.3) is 11.1 Å². The van der Waals surface area contributed by atoms with E-state index in [1.54, 1.807) is 6.07 Å². The highest BCUT2D eigenvalue weighted by molar-refractivity contribution is 6.34. The van der Waals surface area contributed by atoms with Gasteiger partial charge in [0.25, 0.3) is 0 Å². The maximum atomic E-state index is 12.2. The van der Waals surface area contributed by atoms with E-state index in [0.717, 1.165) is 5.56 Å². The molecule has 2 N–H and O–H groups in total. The van der Waals surface area contributed by atoms with Crippen molar-refractivity contribution >= 4 is 17.3 Å². The van der Waals surface area contributed by atoms with E-state index in [1.807, 2.05) is 0 Å². The first-order chi connectivity index (χ1) is 10.3. The van der Waals surface area contributed by atoms with Crippen molar-refractivity contribution in [2.75, 3.05) is 12.3 Å². The third-order valence-corrected chi connectivity index (χ3v) is 3.78. The lowest BCUT2D eigenvalue weighted by atomic mass is 10.00. The number of benzene rings is 2. The number of rotatable bonds is 2. The molecule has 0 saturated carbocycles. The summed E-state index contributed by atoms with van der Waals surface area (Å²) in [4.78, 5) is 0. The van der Waals surface area contributed by atoms with Gasteiger partial charge in [-0.2, -0.15) is 0 Å². The molecule has 0 fully saturated rings. The fourth-order valence-corrected chi connectivity index (χ4v) is 2.65. The third kappa shape index (κ3) is 2.78. The number of halogens is 4. The summed E-state index contributed by atoms with van der Waals surface area (Å²) in [5.74, 6) is 0.347. The van der Waals surface area contributed by atoms with Crippen LogP contribution in [0.5, 0.6) is 11.5 Å². The Balaban J connectivity index is 1.99. The molecule has 0 bridgehead atoms. The molecule has 0 atom stereocenters. The van der Waals surface area contributed by atoms with E-state index in [2.05, 4.69) is 4.74 Å². The molecular weight excluding hydrogens is 319 g/mol. The first-order valence-electron chi connectivity index (χ1n) is 6.45. The number of nitrogen functional groups attached to an aromatic ring is 1. The Bertz CT molecular complexity index is 714. The summed E-state index contributed by atoms with van der Waals surface area (Å²) < 4.78 is 45.9. The van der Waals surface area contributed by atoms with Crippen LogP contribution >= 0.6 is 11.6 Å². The monoisotopic (exact) mass is 329 g/mol. The van der Waals surface area contributed by atoms with Gasteiger partial charge in [0, 0.05) is 17.5 Å². The standard InChI is InChI=1S/C15H11ClF3NO2/c16-13-10-5-6-21-14(10)11(7-12(13)20)8-1-3-9(4-2-8)22-15(17,18)19/h1-4,7H,5-6,20H2. The van der Waals surface area contributed by atoms with E-state index in [4.69, 9.17) is 22.1 Å². The van der Waals surface area contributed by atoms with E-state index in [-0.39, 0.29) is 5.75 Å². The van der Waals surface area contributed by atoms with Crippen LogP contribution in [0, 0.1) is 0 Å². The molecule has 0 aromatic heterocycles. The van der Waals surface area contributed by atoms with Gasteiger partial charge >= 0.3 is 6.36 Å². The Morgan fingerprint density at radius 3 is 2.50 bits per heavy atom. The van der Waals surface area contributed by atoms with Crippen LogP contribution < -0.4 is 15.2 Å². The van der Waals surface area contributed by atoms with Gasteiger partial charge in [-0.25, -0.2) is 0 Å². The highest BCUT2D eigenvalue weighted by Crippen LogP contribution is 2.44. The molecule has 7 heteroatoms. The van der Waals surface area contributed by atoms with Crippen LogP contribution in [0.2, 0.25) is 5.02 Å². The summed E-state index contributed by atoms with van der Waals surface area (Å²) in [6.45, 7) is 0.501. The number of alkyl halides is 3. The second kappa shape index (κ2) is 5.28. The fourth-order valence-electron chi connectivity index (χ4n) is 2.41. The molecule has 3 rings (SSSR count). The molecule has 0 amide bonds. The number of hydrogen-bond acceptors (Lipinski definition) is 3. The van der Waals surface area contributed by atoms with Gasteiger partial charge in [0.1, 0.15) is 11.5 Å². The van der Waals surface area contributed by atoms with Gasteiger partial charge in [-0.15, -0.1) is 13.2 Å². The number of nitrogens with two attached hydrogens (primary N) is 1. The normalized spacial score (nSPS) is 13.6. The van der Waals surface area contributed by atoms with Crippen molar-refractivity contribution in [3.63, 3.8) is 0 Å². The van der Waals surface area contributed by atoms with Gasteiger partial charge in [-0.1, -0.05) is 23.7 Å². The number of ether oxygens (including phenoxy) is 2. The molecule has 1 aliphatic heterocycles. The predicted molar refractivity (Wildman–Crippen MR) is 77.2 cm³/mol. The van der Waals surface area contributed by atoms with Crippen molar-refractivity contribution in [1.82, 2.24) is 0 Å². The largest absolute Gasteiger partial charge is 0.573 e. The van der Waals surface area contributed by atoms with Gasteiger partial charge in [0.05, 0.1) is 17.3 Å². The third-order valence-electron chi connectivity index (χ3n) is 3.33. The lowest BCUT2D eigenvalue weighted by Crippen LogP contribution is -2.16. The quantitative estimate of drug-likeness (QED) is 0.829. The predicted octanol–water partition coefficient (Wildman–Crippen LogP) is 4.42. The summed E-state index contributed by atoms with van der Waals surface area (Å²) in [6, 6.07) is 7.19. The summed E-state index contributed by atoms with van der Waals surface area (Å²) >= 11 is 6.15. The minimum Gasteiger partial charge on any atom is -0.492 e. The molecule has 0 aliphatic carbocycles. The van der Waals surface area contributed by atoms with Gasteiger partial charge in [-0.3, -0.25) is 0 Å². The van der Waals surface area contributed by atoms with Gasteiger partial charge < -0.3 is 15.2 Å². The minimum atomic E-state index is -4.71. The first-order valence-corrected chi connectivity index (χ1v) is 6.83. The Kier molecular flexibility index (Phi) is 3.56. The zero-order chi connectivity index (χ0) is 15.9. The highest BCUT2D eigenvalue weighted by Gasteiger charge is 2.31. The van der Waals surface area contributed by atoms with Crippen molar-refractivity contribution in [3.05, 3.63) is 40.9 Å². The molecule has 0 radical (unpaired) electrons. The minimum absolute atomic E-state index is 0.282. The molecule has 1 heterocycles. The maximum absolute atomic E-state index is 12.2. The molecule has 2 aromatic carbocycles. The highest BCUT2D eigenvalue weighted by atomic mass is 35.5. The number of fused-ring (bicyclic) bond motifs is 1. The molecule has 0 saturated heterocycles. The Morgan fingerprint density at radius 2 is 1.86 bits per heavy atom. The van der Waals surface area contributed by atoms with Crippen molar-refractivity contribution in [2.45, 2.75) is 12.8 Å². The Labute approximate surface area is 129 Å². The molecular formula is C15H11ClF3NO2. The molecule has 2 aromatic rings. The molecule has 3 nitrogen and oxygen atoms in total. The second-order valence-corrected chi connectivity index (χ2v) is 5.18. The van der Waals surface area contributed by atoms with E-state index in [1.165, 1.54) is 24.3 Å². The summed E-state index contributed by atoms with van der Waals surface area (Å²) in [5, 5.41) is 0.466. The van der Waals surface area contributed by atoms with Gasteiger partial charge in [-0.05, 0) is 23.8 Å². The number of hydrogen-bond donors (Lipinski definition) is 1. The lowest BCUT2D eigenvalue weighted by Gasteiger charge is -2.13. The molecule has 0 unspecified atom stereocenters. The van der Waals surface area contributed by atoms with Crippen LogP contribution in [0.3, 0.4) is 0 Å².